The molecule has 376 valence electrons. The normalized spacial score (nSPS) is 12.4. The van der Waals surface area contributed by atoms with E-state index in [0.29, 0.717) is 0 Å². The molecule has 0 aliphatic rings. The second-order valence-corrected chi connectivity index (χ2v) is 13.6. The minimum Gasteiger partial charge on any atom is -0.350 e. The highest BCUT2D eigenvalue weighted by Crippen LogP contribution is 2.31. The van der Waals surface area contributed by atoms with Crippen LogP contribution < -0.4 is 21.3 Å². The lowest BCUT2D eigenvalue weighted by Crippen LogP contribution is -2.26. The molecule has 0 aliphatic heterocycles. The molecule has 0 radical (unpaired) electrons. The van der Waals surface area contributed by atoms with Crippen LogP contribution in [0.25, 0.3) is 0 Å². The maximum Gasteiger partial charge on any atom is 0.217 e. The summed E-state index contributed by atoms with van der Waals surface area (Å²) in [6, 6.07) is -5.29. The van der Waals surface area contributed by atoms with Crippen LogP contribution in [0.3, 0.4) is 0 Å². The van der Waals surface area contributed by atoms with Gasteiger partial charge in [0.25, 0.3) is 0 Å². The molecular formula is C40H32F20N4O4. The molecule has 4 amide bonds. The van der Waals surface area contributed by atoms with Gasteiger partial charge < -0.3 is 21.3 Å². The number of benzene rings is 4. The lowest BCUT2D eigenvalue weighted by atomic mass is 10.1. The maximum absolute atomic E-state index is 13.2. The van der Waals surface area contributed by atoms with Crippen LogP contribution in [-0.2, 0) is 19.2 Å². The molecule has 0 heterocycles. The highest BCUT2D eigenvalue weighted by Gasteiger charge is 2.32. The monoisotopic (exact) mass is 1010 g/mol. The average Bonchev–Trinajstić information content (AvgIpc) is 3.23. The quantitative estimate of drug-likeness (QED) is 0.0799. The Labute approximate surface area is 370 Å². The van der Waals surface area contributed by atoms with Gasteiger partial charge in [0.2, 0.25) is 46.9 Å². The summed E-state index contributed by atoms with van der Waals surface area (Å²) in [6.07, 6.45) is 0. The number of carbonyl (C=O) groups is 4. The summed E-state index contributed by atoms with van der Waals surface area (Å²) in [4.78, 5) is 42.7. The van der Waals surface area contributed by atoms with Gasteiger partial charge in [-0.25, -0.2) is 87.8 Å². The highest BCUT2D eigenvalue weighted by molar-refractivity contribution is 5.74. The summed E-state index contributed by atoms with van der Waals surface area (Å²) >= 11 is 0. The lowest BCUT2D eigenvalue weighted by Gasteiger charge is -2.15. The second-order valence-electron chi connectivity index (χ2n) is 13.6. The Morgan fingerprint density at radius 3 is 0.412 bits per heavy atom. The number of carbonyl (C=O) groups excluding carboxylic acids is 4. The van der Waals surface area contributed by atoms with Crippen LogP contribution in [0.15, 0.2) is 0 Å². The van der Waals surface area contributed by atoms with Crippen molar-refractivity contribution in [1.29, 1.82) is 0 Å². The lowest BCUT2D eigenvalue weighted by molar-refractivity contribution is -0.120. The molecule has 0 saturated heterocycles. The van der Waals surface area contributed by atoms with Crippen molar-refractivity contribution in [1.82, 2.24) is 21.3 Å². The van der Waals surface area contributed by atoms with Crippen LogP contribution in [0.2, 0.25) is 0 Å². The van der Waals surface area contributed by atoms with E-state index in [1.54, 1.807) is 0 Å². The fraction of sp³-hybridized carbons (Fsp3) is 0.300. The Morgan fingerprint density at radius 1 is 0.235 bits per heavy atom. The van der Waals surface area contributed by atoms with Gasteiger partial charge in [0.05, 0.1) is 46.4 Å². The van der Waals surface area contributed by atoms with Crippen LogP contribution in [0.1, 0.15) is 102 Å². The maximum atomic E-state index is 13.2. The van der Waals surface area contributed by atoms with Crippen molar-refractivity contribution in [3.8, 4) is 0 Å². The zero-order valence-electron chi connectivity index (χ0n) is 35.5. The van der Waals surface area contributed by atoms with E-state index in [0.717, 1.165) is 55.4 Å². The second kappa shape index (κ2) is 24.4. The zero-order chi connectivity index (χ0) is 53.3. The van der Waals surface area contributed by atoms with Gasteiger partial charge in [0.15, 0.2) is 93.1 Å². The first-order valence-electron chi connectivity index (χ1n) is 18.2. The molecule has 0 fully saturated rings. The van der Waals surface area contributed by atoms with Crippen LogP contribution in [0.5, 0.6) is 0 Å². The summed E-state index contributed by atoms with van der Waals surface area (Å²) in [5.74, 6) is -43.3. The molecule has 28 heteroatoms. The van der Waals surface area contributed by atoms with Gasteiger partial charge in [0.1, 0.15) is 0 Å². The van der Waals surface area contributed by atoms with E-state index in [1.807, 2.05) is 21.3 Å². The van der Waals surface area contributed by atoms with Crippen LogP contribution in [-0.4, -0.2) is 23.6 Å². The number of rotatable bonds is 8. The van der Waals surface area contributed by atoms with Crippen molar-refractivity contribution < 1.29 is 107 Å². The average molecular weight is 1010 g/mol. The van der Waals surface area contributed by atoms with Crippen molar-refractivity contribution in [2.24, 2.45) is 0 Å². The molecule has 0 spiro atoms. The third-order valence-corrected chi connectivity index (χ3v) is 8.39. The topological polar surface area (TPSA) is 116 Å². The van der Waals surface area contributed by atoms with Crippen LogP contribution in [0.4, 0.5) is 87.8 Å². The molecule has 0 saturated carbocycles. The standard InChI is InChI=1S/4C10H8F5NO/c4*1-3(16-4(2)17)5-6(11)8(13)10(15)9(14)7(5)12/h4*3H,1-2H3,(H,16,17)/t4*3-/m1111/s1. The molecule has 4 aromatic carbocycles. The Bertz CT molecular complexity index is 2130. The summed E-state index contributed by atoms with van der Waals surface area (Å²) in [6.45, 7) is 8.68. The summed E-state index contributed by atoms with van der Waals surface area (Å²) in [5, 5.41) is 8.16. The molecule has 8 nitrogen and oxygen atoms in total. The van der Waals surface area contributed by atoms with E-state index in [2.05, 4.69) is 0 Å². The number of hydrogen-bond donors (Lipinski definition) is 4. The van der Waals surface area contributed by atoms with Crippen LogP contribution in [0, 0.1) is 116 Å². The summed E-state index contributed by atoms with van der Waals surface area (Å²) < 4.78 is 259. The van der Waals surface area contributed by atoms with E-state index in [1.165, 1.54) is 0 Å². The molecule has 0 bridgehead atoms. The molecule has 68 heavy (non-hydrogen) atoms. The van der Waals surface area contributed by atoms with Crippen LogP contribution >= 0.6 is 0 Å². The van der Waals surface area contributed by atoms with Gasteiger partial charge in [0, 0.05) is 27.7 Å². The largest absolute Gasteiger partial charge is 0.350 e. The van der Waals surface area contributed by atoms with E-state index < -0.39 is 186 Å². The number of nitrogens with one attached hydrogen (secondary N) is 4. The molecule has 0 aliphatic carbocycles. The first kappa shape index (κ1) is 59.4. The van der Waals surface area contributed by atoms with Crippen molar-refractivity contribution in [2.75, 3.05) is 0 Å². The van der Waals surface area contributed by atoms with Gasteiger partial charge in [-0.2, -0.15) is 0 Å². The molecule has 4 atom stereocenters. The van der Waals surface area contributed by atoms with Crippen molar-refractivity contribution in [3.63, 3.8) is 0 Å². The minimum atomic E-state index is -2.22. The van der Waals surface area contributed by atoms with Gasteiger partial charge in [-0.15, -0.1) is 0 Å². The van der Waals surface area contributed by atoms with E-state index in [-0.39, 0.29) is 0 Å². The summed E-state index contributed by atoms with van der Waals surface area (Å²) in [7, 11) is 0. The molecule has 0 aromatic heterocycles. The molecule has 4 N–H and O–H groups in total. The Hall–Kier alpha value is -6.64. The first-order chi connectivity index (χ1) is 31.1. The highest BCUT2D eigenvalue weighted by atomic mass is 19.2. The molecule has 0 unspecified atom stereocenters. The number of hydrogen-bond acceptors (Lipinski definition) is 4. The van der Waals surface area contributed by atoms with E-state index in [9.17, 15) is 107 Å². The fourth-order valence-electron chi connectivity index (χ4n) is 5.52. The smallest absolute Gasteiger partial charge is 0.217 e. The van der Waals surface area contributed by atoms with Gasteiger partial charge >= 0.3 is 0 Å². The first-order valence-corrected chi connectivity index (χ1v) is 18.2. The van der Waals surface area contributed by atoms with Gasteiger partial charge in [-0.05, 0) is 27.7 Å². The molecular weight excluding hydrogens is 980 g/mol. The van der Waals surface area contributed by atoms with Crippen molar-refractivity contribution in [3.05, 3.63) is 139 Å². The van der Waals surface area contributed by atoms with Gasteiger partial charge in [-0.1, -0.05) is 0 Å². The van der Waals surface area contributed by atoms with E-state index in [4.69, 9.17) is 0 Å². The van der Waals surface area contributed by atoms with E-state index >= 15 is 0 Å². The number of amides is 4. The molecule has 4 aromatic rings. The Kier molecular flexibility index (Phi) is 21.3. The van der Waals surface area contributed by atoms with Crippen molar-refractivity contribution in [2.45, 2.75) is 79.6 Å². The third-order valence-electron chi connectivity index (χ3n) is 8.39. The zero-order valence-corrected chi connectivity index (χ0v) is 35.5. The predicted molar refractivity (Wildman–Crippen MR) is 194 cm³/mol. The molecule has 4 rings (SSSR count). The summed E-state index contributed by atoms with van der Waals surface area (Å²) in [5.41, 5.74) is -4.23. The predicted octanol–water partition coefficient (Wildman–Crippen LogP) is 10.3. The third kappa shape index (κ3) is 13.7. The fourth-order valence-corrected chi connectivity index (χ4v) is 5.52. The Balaban J connectivity index is 0.000000453. The Morgan fingerprint density at radius 2 is 0.324 bits per heavy atom. The minimum absolute atomic E-state index is 0.651. The SMILES string of the molecule is CC(=O)N[C@H](C)c1c(F)c(F)c(F)c(F)c1F.CC(=O)N[C@H](C)c1c(F)c(F)c(F)c(F)c1F.CC(=O)N[C@H](C)c1c(F)c(F)c(F)c(F)c1F.CC(=O)N[C@H](C)c1c(F)c(F)c(F)c(F)c1F. The number of halogens is 20. The van der Waals surface area contributed by atoms with Gasteiger partial charge in [-0.3, -0.25) is 19.2 Å². The van der Waals surface area contributed by atoms with Crippen molar-refractivity contribution >= 4 is 23.6 Å².